The molecule has 0 N–H and O–H groups in total. The number of hydrogen-bond acceptors (Lipinski definition) is 3. The Labute approximate surface area is 335 Å². The molecule has 0 saturated carbocycles. The van der Waals surface area contributed by atoms with E-state index < -0.39 is 0 Å². The number of benzene rings is 9. The third-order valence-corrected chi connectivity index (χ3v) is 12.3. The van der Waals surface area contributed by atoms with Gasteiger partial charge in [0, 0.05) is 36.8 Å². The van der Waals surface area contributed by atoms with Crippen molar-refractivity contribution in [2.45, 2.75) is 0 Å². The zero-order valence-corrected chi connectivity index (χ0v) is 31.8. The highest BCUT2D eigenvalue weighted by molar-refractivity contribution is 7.25. The molecule has 0 aliphatic heterocycles. The van der Waals surface area contributed by atoms with Gasteiger partial charge in [-0.15, -0.1) is 11.3 Å². The Morgan fingerprint density at radius 1 is 0.316 bits per heavy atom. The molecule has 0 spiro atoms. The number of furan rings is 1. The van der Waals surface area contributed by atoms with E-state index in [1.165, 1.54) is 59.1 Å². The third-order valence-electron chi connectivity index (χ3n) is 11.1. The van der Waals surface area contributed by atoms with Gasteiger partial charge in [-0.25, -0.2) is 0 Å². The first-order valence-corrected chi connectivity index (χ1v) is 20.2. The number of anilines is 3. The quantitative estimate of drug-likeness (QED) is 0.162. The number of fused-ring (bicyclic) bond motifs is 6. The molecule has 0 bridgehead atoms. The average Bonchev–Trinajstić information content (AvgIpc) is 3.87. The van der Waals surface area contributed by atoms with E-state index in [4.69, 9.17) is 4.42 Å². The highest BCUT2D eigenvalue weighted by Gasteiger charge is 2.23. The lowest BCUT2D eigenvalue weighted by Gasteiger charge is -2.29. The van der Waals surface area contributed by atoms with Crippen LogP contribution < -0.4 is 4.90 Å². The minimum absolute atomic E-state index is 0.862. The Bertz CT molecular complexity index is 3250. The minimum atomic E-state index is 0.862. The molecular formula is C54H35NOS. The third kappa shape index (κ3) is 5.63. The molecule has 2 aromatic heterocycles. The zero-order valence-electron chi connectivity index (χ0n) is 31.0. The fourth-order valence-electron chi connectivity index (χ4n) is 8.59. The second kappa shape index (κ2) is 13.8. The lowest BCUT2D eigenvalue weighted by molar-refractivity contribution is 0.669. The van der Waals surface area contributed by atoms with Gasteiger partial charge in [0.15, 0.2) is 0 Å². The first-order chi connectivity index (χ1) is 28.3. The van der Waals surface area contributed by atoms with E-state index in [9.17, 15) is 0 Å². The highest BCUT2D eigenvalue weighted by Crippen LogP contribution is 2.48. The van der Waals surface area contributed by atoms with Gasteiger partial charge in [0.25, 0.3) is 0 Å². The molecule has 2 nitrogen and oxygen atoms in total. The van der Waals surface area contributed by atoms with Crippen LogP contribution in [0.1, 0.15) is 0 Å². The molecule has 0 aliphatic carbocycles. The molecular weight excluding hydrogens is 711 g/mol. The average molecular weight is 746 g/mol. The lowest BCUT2D eigenvalue weighted by Crippen LogP contribution is -2.11. The van der Waals surface area contributed by atoms with E-state index >= 15 is 0 Å². The van der Waals surface area contributed by atoms with E-state index in [2.05, 4.69) is 211 Å². The van der Waals surface area contributed by atoms with Gasteiger partial charge in [-0.3, -0.25) is 0 Å². The summed E-state index contributed by atoms with van der Waals surface area (Å²) in [5, 5.41) is 4.80. The topological polar surface area (TPSA) is 16.4 Å². The molecule has 0 atom stereocenters. The molecule has 11 rings (SSSR count). The van der Waals surface area contributed by atoms with E-state index in [0.717, 1.165) is 44.6 Å². The summed E-state index contributed by atoms with van der Waals surface area (Å²) >= 11 is 1.86. The Kier molecular flexibility index (Phi) is 8.04. The van der Waals surface area contributed by atoms with Crippen LogP contribution in [0.4, 0.5) is 17.1 Å². The standard InChI is InChI=1S/C54H35NOS/c1-2-16-36(17-3-1)39-18-4-5-19-41(39)42-20-6-7-21-43(42)44-22-8-11-26-47(44)55(48-27-15-29-50-54(48)45-23-9-12-28-49(45)56-50)38-34-32-37(33-35-38)40-25-14-31-52-53(40)46-24-10-13-30-51(46)57-52/h1-35H. The number of thiophene rings is 1. The van der Waals surface area contributed by atoms with Crippen molar-refractivity contribution in [2.24, 2.45) is 0 Å². The summed E-state index contributed by atoms with van der Waals surface area (Å²) in [6, 6.07) is 76.4. The molecule has 9 aromatic carbocycles. The van der Waals surface area contributed by atoms with Crippen LogP contribution in [-0.4, -0.2) is 0 Å². The van der Waals surface area contributed by atoms with Crippen LogP contribution in [0.3, 0.4) is 0 Å². The van der Waals surface area contributed by atoms with Crippen LogP contribution in [0.15, 0.2) is 217 Å². The molecule has 3 heteroatoms. The summed E-state index contributed by atoms with van der Waals surface area (Å²) in [6.45, 7) is 0. The van der Waals surface area contributed by atoms with Crippen molar-refractivity contribution >= 4 is 70.5 Å². The van der Waals surface area contributed by atoms with Gasteiger partial charge in [0.2, 0.25) is 0 Å². The zero-order chi connectivity index (χ0) is 37.7. The molecule has 57 heavy (non-hydrogen) atoms. The first kappa shape index (κ1) is 33.2. The fraction of sp³-hybridized carbons (Fsp3) is 0. The molecule has 0 fully saturated rings. The molecule has 0 aliphatic rings. The van der Waals surface area contributed by atoms with Crippen LogP contribution in [0.2, 0.25) is 0 Å². The van der Waals surface area contributed by atoms with E-state index in [1.54, 1.807) is 0 Å². The predicted molar refractivity (Wildman–Crippen MR) is 243 cm³/mol. The summed E-state index contributed by atoms with van der Waals surface area (Å²) in [7, 11) is 0. The van der Waals surface area contributed by atoms with Crippen molar-refractivity contribution in [3.8, 4) is 44.5 Å². The largest absolute Gasteiger partial charge is 0.456 e. The van der Waals surface area contributed by atoms with Crippen LogP contribution >= 0.6 is 11.3 Å². The molecule has 2 heterocycles. The summed E-state index contributed by atoms with van der Waals surface area (Å²) in [5.74, 6) is 0. The minimum Gasteiger partial charge on any atom is -0.456 e. The highest BCUT2D eigenvalue weighted by atomic mass is 32.1. The van der Waals surface area contributed by atoms with Crippen LogP contribution in [0.5, 0.6) is 0 Å². The first-order valence-electron chi connectivity index (χ1n) is 19.3. The number of para-hydroxylation sites is 2. The van der Waals surface area contributed by atoms with Crippen LogP contribution in [0, 0.1) is 0 Å². The Hall–Kier alpha value is -7.20. The molecule has 0 radical (unpaired) electrons. The van der Waals surface area contributed by atoms with Crippen molar-refractivity contribution in [2.75, 3.05) is 4.90 Å². The van der Waals surface area contributed by atoms with Crippen molar-refractivity contribution in [3.63, 3.8) is 0 Å². The van der Waals surface area contributed by atoms with Gasteiger partial charge < -0.3 is 9.32 Å². The van der Waals surface area contributed by atoms with Gasteiger partial charge >= 0.3 is 0 Å². The predicted octanol–water partition coefficient (Wildman–Crippen LogP) is 16.1. The maximum absolute atomic E-state index is 6.48. The smallest absolute Gasteiger partial charge is 0.137 e. The fourth-order valence-corrected chi connectivity index (χ4v) is 9.72. The summed E-state index contributed by atoms with van der Waals surface area (Å²) in [4.78, 5) is 2.42. The Morgan fingerprint density at radius 3 is 1.65 bits per heavy atom. The maximum atomic E-state index is 6.48. The molecule has 0 unspecified atom stereocenters. The van der Waals surface area contributed by atoms with Crippen molar-refractivity contribution in [1.82, 2.24) is 0 Å². The van der Waals surface area contributed by atoms with Gasteiger partial charge in [-0.1, -0.05) is 164 Å². The molecule has 11 aromatic rings. The molecule has 268 valence electrons. The van der Waals surface area contributed by atoms with Gasteiger partial charge in [0.1, 0.15) is 11.2 Å². The van der Waals surface area contributed by atoms with Crippen LogP contribution in [-0.2, 0) is 0 Å². The Morgan fingerprint density at radius 2 is 0.842 bits per heavy atom. The molecule has 0 saturated heterocycles. The van der Waals surface area contributed by atoms with Crippen molar-refractivity contribution in [1.29, 1.82) is 0 Å². The Balaban J connectivity index is 1.13. The molecule has 0 amide bonds. The van der Waals surface area contributed by atoms with E-state index in [0.29, 0.717) is 0 Å². The summed E-state index contributed by atoms with van der Waals surface area (Å²) in [5.41, 5.74) is 14.5. The van der Waals surface area contributed by atoms with Crippen molar-refractivity contribution in [3.05, 3.63) is 212 Å². The van der Waals surface area contributed by atoms with Crippen LogP contribution in [0.25, 0.3) is 86.6 Å². The second-order valence-electron chi connectivity index (χ2n) is 14.4. The van der Waals surface area contributed by atoms with Gasteiger partial charge in [-0.2, -0.15) is 0 Å². The number of rotatable bonds is 7. The monoisotopic (exact) mass is 745 g/mol. The van der Waals surface area contributed by atoms with E-state index in [1.807, 2.05) is 17.4 Å². The van der Waals surface area contributed by atoms with Crippen molar-refractivity contribution < 1.29 is 4.42 Å². The SMILES string of the molecule is c1ccc(-c2ccccc2-c2ccccc2-c2ccccc2N(c2ccc(-c3cccc4sc5ccccc5c34)cc2)c2cccc3oc4ccccc4c23)cc1. The summed E-state index contributed by atoms with van der Waals surface area (Å²) < 4.78 is 9.10. The maximum Gasteiger partial charge on any atom is 0.137 e. The number of hydrogen-bond donors (Lipinski definition) is 0. The second-order valence-corrected chi connectivity index (χ2v) is 15.5. The normalized spacial score (nSPS) is 11.5. The summed E-state index contributed by atoms with van der Waals surface area (Å²) in [6.07, 6.45) is 0. The van der Waals surface area contributed by atoms with E-state index in [-0.39, 0.29) is 0 Å². The van der Waals surface area contributed by atoms with Gasteiger partial charge in [0.05, 0.1) is 16.8 Å². The number of nitrogens with zero attached hydrogens (tertiary/aromatic N) is 1. The lowest BCUT2D eigenvalue weighted by atomic mass is 9.88. The van der Waals surface area contributed by atoms with Gasteiger partial charge in [-0.05, 0) is 87.5 Å².